The van der Waals surface area contributed by atoms with Crippen molar-refractivity contribution in [2.24, 2.45) is 11.1 Å². The SMILES string of the molecule is CCC(CC)C1=NOC(CCl)C1. The van der Waals surface area contributed by atoms with Gasteiger partial charge in [-0.1, -0.05) is 19.0 Å². The van der Waals surface area contributed by atoms with Gasteiger partial charge in [0.2, 0.25) is 0 Å². The van der Waals surface area contributed by atoms with Gasteiger partial charge in [0, 0.05) is 12.3 Å². The first-order chi connectivity index (χ1) is 5.81. The van der Waals surface area contributed by atoms with E-state index < -0.39 is 0 Å². The summed E-state index contributed by atoms with van der Waals surface area (Å²) in [6.45, 7) is 4.37. The zero-order valence-electron chi connectivity index (χ0n) is 7.72. The van der Waals surface area contributed by atoms with Gasteiger partial charge in [-0.3, -0.25) is 0 Å². The van der Waals surface area contributed by atoms with Gasteiger partial charge >= 0.3 is 0 Å². The molecular formula is C9H16ClNO. The molecule has 70 valence electrons. The molecule has 1 aliphatic heterocycles. The molecule has 3 heteroatoms. The average Bonchev–Trinajstić information content (AvgIpc) is 2.55. The van der Waals surface area contributed by atoms with E-state index in [-0.39, 0.29) is 6.10 Å². The summed E-state index contributed by atoms with van der Waals surface area (Å²) in [4.78, 5) is 5.16. The Morgan fingerprint density at radius 2 is 2.25 bits per heavy atom. The lowest BCUT2D eigenvalue weighted by Crippen LogP contribution is -2.15. The first-order valence-corrected chi connectivity index (χ1v) is 5.13. The molecule has 1 atom stereocenters. The lowest BCUT2D eigenvalue weighted by Gasteiger charge is -2.09. The van der Waals surface area contributed by atoms with Crippen LogP contribution in [0.5, 0.6) is 0 Å². The first kappa shape index (κ1) is 9.85. The summed E-state index contributed by atoms with van der Waals surface area (Å²) in [6, 6.07) is 0. The van der Waals surface area contributed by atoms with E-state index in [1.54, 1.807) is 0 Å². The number of halogens is 1. The second kappa shape index (κ2) is 4.70. The van der Waals surface area contributed by atoms with Crippen molar-refractivity contribution in [1.29, 1.82) is 0 Å². The smallest absolute Gasteiger partial charge is 0.146 e. The molecule has 0 saturated carbocycles. The molecule has 0 aromatic carbocycles. The predicted molar refractivity (Wildman–Crippen MR) is 51.7 cm³/mol. The third-order valence-corrected chi connectivity index (χ3v) is 2.73. The number of hydrogen-bond acceptors (Lipinski definition) is 2. The van der Waals surface area contributed by atoms with Crippen molar-refractivity contribution in [1.82, 2.24) is 0 Å². The molecular weight excluding hydrogens is 174 g/mol. The zero-order valence-corrected chi connectivity index (χ0v) is 8.47. The highest BCUT2D eigenvalue weighted by atomic mass is 35.5. The maximum Gasteiger partial charge on any atom is 0.146 e. The van der Waals surface area contributed by atoms with Crippen LogP contribution in [0, 0.1) is 5.92 Å². The van der Waals surface area contributed by atoms with Crippen LogP contribution in [-0.2, 0) is 4.84 Å². The van der Waals surface area contributed by atoms with Crippen LogP contribution in [0.15, 0.2) is 5.16 Å². The number of nitrogens with zero attached hydrogens (tertiary/aromatic N) is 1. The quantitative estimate of drug-likeness (QED) is 0.624. The van der Waals surface area contributed by atoms with E-state index in [9.17, 15) is 0 Å². The maximum absolute atomic E-state index is 5.67. The van der Waals surface area contributed by atoms with Gasteiger partial charge < -0.3 is 4.84 Å². The Hall–Kier alpha value is -0.240. The van der Waals surface area contributed by atoms with Crippen LogP contribution >= 0.6 is 11.6 Å². The third-order valence-electron chi connectivity index (χ3n) is 2.38. The third kappa shape index (κ3) is 2.13. The summed E-state index contributed by atoms with van der Waals surface area (Å²) < 4.78 is 0. The Balaban J connectivity index is 2.43. The lowest BCUT2D eigenvalue weighted by molar-refractivity contribution is 0.102. The molecule has 1 unspecified atom stereocenters. The molecule has 0 amide bonds. The van der Waals surface area contributed by atoms with E-state index in [2.05, 4.69) is 19.0 Å². The van der Waals surface area contributed by atoms with Crippen LogP contribution in [-0.4, -0.2) is 17.7 Å². The highest BCUT2D eigenvalue weighted by Gasteiger charge is 2.24. The fourth-order valence-electron chi connectivity index (χ4n) is 1.53. The standard InChI is InChI=1S/C9H16ClNO/c1-3-7(4-2)9-5-8(6-10)12-11-9/h7-8H,3-6H2,1-2H3. The second-order valence-electron chi connectivity index (χ2n) is 3.18. The monoisotopic (exact) mass is 189 g/mol. The molecule has 0 spiro atoms. The largest absolute Gasteiger partial charge is 0.391 e. The Kier molecular flexibility index (Phi) is 3.86. The normalized spacial score (nSPS) is 22.7. The summed E-state index contributed by atoms with van der Waals surface area (Å²) >= 11 is 5.67. The fraction of sp³-hybridized carbons (Fsp3) is 0.889. The van der Waals surface area contributed by atoms with Crippen molar-refractivity contribution >= 4 is 17.3 Å². The Morgan fingerprint density at radius 1 is 1.58 bits per heavy atom. The van der Waals surface area contributed by atoms with E-state index in [0.29, 0.717) is 11.8 Å². The van der Waals surface area contributed by atoms with Crippen LogP contribution in [0.25, 0.3) is 0 Å². The summed E-state index contributed by atoms with van der Waals surface area (Å²) in [6.07, 6.45) is 3.35. The first-order valence-electron chi connectivity index (χ1n) is 4.60. The molecule has 1 aliphatic rings. The van der Waals surface area contributed by atoms with Gasteiger partial charge in [0.25, 0.3) is 0 Å². The van der Waals surface area contributed by atoms with E-state index in [4.69, 9.17) is 16.4 Å². The topological polar surface area (TPSA) is 21.6 Å². The predicted octanol–water partition coefficient (Wildman–Crippen LogP) is 2.81. The van der Waals surface area contributed by atoms with Crippen molar-refractivity contribution in [2.75, 3.05) is 5.88 Å². The molecule has 0 bridgehead atoms. The molecule has 0 fully saturated rings. The van der Waals surface area contributed by atoms with Crippen LogP contribution < -0.4 is 0 Å². The van der Waals surface area contributed by atoms with E-state index in [1.807, 2.05) is 0 Å². The Morgan fingerprint density at radius 3 is 2.67 bits per heavy atom. The maximum atomic E-state index is 5.67. The van der Waals surface area contributed by atoms with E-state index in [0.717, 1.165) is 19.3 Å². The van der Waals surface area contributed by atoms with Gasteiger partial charge in [-0.05, 0) is 12.8 Å². The van der Waals surface area contributed by atoms with Gasteiger partial charge in [-0.2, -0.15) is 0 Å². The second-order valence-corrected chi connectivity index (χ2v) is 3.49. The van der Waals surface area contributed by atoms with Crippen LogP contribution in [0.2, 0.25) is 0 Å². The molecule has 12 heavy (non-hydrogen) atoms. The summed E-state index contributed by atoms with van der Waals surface area (Å²) in [7, 11) is 0. The fourth-order valence-corrected chi connectivity index (χ4v) is 1.70. The van der Waals surface area contributed by atoms with Crippen LogP contribution in [0.3, 0.4) is 0 Å². The number of alkyl halides is 1. The van der Waals surface area contributed by atoms with Crippen molar-refractivity contribution in [3.63, 3.8) is 0 Å². The average molecular weight is 190 g/mol. The molecule has 0 aliphatic carbocycles. The molecule has 2 nitrogen and oxygen atoms in total. The molecule has 0 aromatic rings. The van der Waals surface area contributed by atoms with Crippen molar-refractivity contribution in [3.8, 4) is 0 Å². The van der Waals surface area contributed by atoms with E-state index in [1.165, 1.54) is 5.71 Å². The highest BCUT2D eigenvalue weighted by Crippen LogP contribution is 2.21. The lowest BCUT2D eigenvalue weighted by atomic mass is 9.94. The molecule has 0 aromatic heterocycles. The van der Waals surface area contributed by atoms with Crippen LogP contribution in [0.4, 0.5) is 0 Å². The van der Waals surface area contributed by atoms with E-state index >= 15 is 0 Å². The highest BCUT2D eigenvalue weighted by molar-refractivity contribution is 6.18. The minimum atomic E-state index is 0.127. The van der Waals surface area contributed by atoms with Gasteiger partial charge in [0.05, 0.1) is 11.6 Å². The minimum absolute atomic E-state index is 0.127. The van der Waals surface area contributed by atoms with Gasteiger partial charge in [-0.15, -0.1) is 11.6 Å². The van der Waals surface area contributed by atoms with Gasteiger partial charge in [0.15, 0.2) is 0 Å². The zero-order chi connectivity index (χ0) is 8.97. The Bertz CT molecular complexity index is 166. The van der Waals surface area contributed by atoms with Crippen LogP contribution in [0.1, 0.15) is 33.1 Å². The number of rotatable bonds is 4. The Labute approximate surface area is 78.9 Å². The number of hydrogen-bond donors (Lipinski definition) is 0. The summed E-state index contributed by atoms with van der Waals surface area (Å²) in [5, 5.41) is 4.06. The molecule has 1 heterocycles. The number of oxime groups is 1. The molecule has 0 saturated heterocycles. The van der Waals surface area contributed by atoms with Crippen molar-refractivity contribution in [2.45, 2.75) is 39.2 Å². The molecule has 0 radical (unpaired) electrons. The summed E-state index contributed by atoms with van der Waals surface area (Å²) in [5.74, 6) is 1.14. The van der Waals surface area contributed by atoms with Gasteiger partial charge in [-0.25, -0.2) is 0 Å². The molecule has 0 N–H and O–H groups in total. The van der Waals surface area contributed by atoms with Crippen molar-refractivity contribution in [3.05, 3.63) is 0 Å². The minimum Gasteiger partial charge on any atom is -0.391 e. The van der Waals surface area contributed by atoms with Crippen molar-refractivity contribution < 1.29 is 4.84 Å². The summed E-state index contributed by atoms with van der Waals surface area (Å²) in [5.41, 5.74) is 1.20. The molecule has 1 rings (SSSR count). The van der Waals surface area contributed by atoms with Gasteiger partial charge in [0.1, 0.15) is 6.10 Å².